The minimum Gasteiger partial charge on any atom is -0.379 e. The molecule has 138 valence electrons. The molecular formula is C20H31N3O2. The van der Waals surface area contributed by atoms with Gasteiger partial charge in [-0.05, 0) is 49.4 Å². The number of carbonyl (C=O) groups excluding carboxylic acids is 1. The van der Waals surface area contributed by atoms with Crippen molar-refractivity contribution in [2.75, 3.05) is 39.4 Å². The average Bonchev–Trinajstić information content (AvgIpc) is 2.67. The van der Waals surface area contributed by atoms with Crippen LogP contribution in [0.4, 0.5) is 0 Å². The molecule has 5 nitrogen and oxygen atoms in total. The molecule has 2 heterocycles. The van der Waals surface area contributed by atoms with Gasteiger partial charge in [-0.25, -0.2) is 0 Å². The lowest BCUT2D eigenvalue weighted by Crippen LogP contribution is -2.36. The first-order valence-corrected chi connectivity index (χ1v) is 9.65. The molecule has 3 rings (SSSR count). The van der Waals surface area contributed by atoms with E-state index < -0.39 is 0 Å². The highest BCUT2D eigenvalue weighted by Gasteiger charge is 2.15. The van der Waals surface area contributed by atoms with Gasteiger partial charge in [0.15, 0.2) is 0 Å². The summed E-state index contributed by atoms with van der Waals surface area (Å²) in [6.07, 6.45) is 4.07. The van der Waals surface area contributed by atoms with Crippen molar-refractivity contribution in [3.8, 4) is 0 Å². The lowest BCUT2D eigenvalue weighted by molar-refractivity contribution is -0.121. The van der Waals surface area contributed by atoms with E-state index in [-0.39, 0.29) is 5.91 Å². The first-order chi connectivity index (χ1) is 12.3. The van der Waals surface area contributed by atoms with E-state index in [0.717, 1.165) is 52.4 Å². The molecule has 2 aliphatic rings. The Morgan fingerprint density at radius 3 is 2.64 bits per heavy atom. The van der Waals surface area contributed by atoms with Gasteiger partial charge in [-0.3, -0.25) is 9.69 Å². The van der Waals surface area contributed by atoms with Crippen LogP contribution in [0.3, 0.4) is 0 Å². The maximum atomic E-state index is 12.2. The van der Waals surface area contributed by atoms with Crippen molar-refractivity contribution in [3.63, 3.8) is 0 Å². The van der Waals surface area contributed by atoms with Crippen LogP contribution < -0.4 is 10.6 Å². The number of carbonyl (C=O) groups is 1. The molecule has 1 aromatic carbocycles. The van der Waals surface area contributed by atoms with E-state index >= 15 is 0 Å². The molecule has 25 heavy (non-hydrogen) atoms. The fourth-order valence-corrected chi connectivity index (χ4v) is 3.67. The Bertz CT molecular complexity index is 537. The molecule has 1 aromatic rings. The molecule has 2 aliphatic heterocycles. The predicted molar refractivity (Wildman–Crippen MR) is 99.2 cm³/mol. The van der Waals surface area contributed by atoms with E-state index in [9.17, 15) is 4.79 Å². The predicted octanol–water partition coefficient (Wildman–Crippen LogP) is 1.91. The van der Waals surface area contributed by atoms with Crippen molar-refractivity contribution in [1.82, 2.24) is 15.5 Å². The molecule has 2 N–H and O–H groups in total. The lowest BCUT2D eigenvalue weighted by Gasteiger charge is -2.27. The molecule has 2 saturated heterocycles. The van der Waals surface area contributed by atoms with Crippen molar-refractivity contribution < 1.29 is 9.53 Å². The third-order valence-corrected chi connectivity index (χ3v) is 5.33. The van der Waals surface area contributed by atoms with Crippen LogP contribution in [0, 0.1) is 5.92 Å². The summed E-state index contributed by atoms with van der Waals surface area (Å²) in [5, 5.41) is 6.49. The molecule has 5 heteroatoms. The summed E-state index contributed by atoms with van der Waals surface area (Å²) >= 11 is 0. The number of nitrogens with one attached hydrogen (secondary N) is 2. The molecule has 2 fully saturated rings. The minimum atomic E-state index is 0.180. The van der Waals surface area contributed by atoms with Gasteiger partial charge >= 0.3 is 0 Å². The molecule has 0 atom stereocenters. The minimum absolute atomic E-state index is 0.180. The van der Waals surface area contributed by atoms with Crippen LogP contribution in [-0.2, 0) is 22.6 Å². The van der Waals surface area contributed by atoms with Gasteiger partial charge in [-0.15, -0.1) is 0 Å². The third kappa shape index (κ3) is 6.10. The zero-order valence-corrected chi connectivity index (χ0v) is 15.1. The zero-order chi connectivity index (χ0) is 17.3. The largest absolute Gasteiger partial charge is 0.379 e. The second-order valence-corrected chi connectivity index (χ2v) is 7.17. The maximum absolute atomic E-state index is 12.2. The second-order valence-electron chi connectivity index (χ2n) is 7.17. The Labute approximate surface area is 151 Å². The zero-order valence-electron chi connectivity index (χ0n) is 15.1. The van der Waals surface area contributed by atoms with E-state index in [4.69, 9.17) is 4.74 Å². The van der Waals surface area contributed by atoms with Crippen LogP contribution in [0.1, 0.15) is 36.8 Å². The smallest absolute Gasteiger partial charge is 0.220 e. The van der Waals surface area contributed by atoms with Crippen LogP contribution >= 0.6 is 0 Å². The number of rotatable bonds is 7. The number of piperidine rings is 1. The summed E-state index contributed by atoms with van der Waals surface area (Å²) in [4.78, 5) is 14.6. The van der Waals surface area contributed by atoms with E-state index in [1.54, 1.807) is 0 Å². The van der Waals surface area contributed by atoms with Gasteiger partial charge in [0.05, 0.1) is 13.2 Å². The first kappa shape index (κ1) is 18.4. The first-order valence-electron chi connectivity index (χ1n) is 9.65. The highest BCUT2D eigenvalue weighted by molar-refractivity contribution is 5.75. The van der Waals surface area contributed by atoms with Crippen molar-refractivity contribution >= 4 is 5.91 Å². The molecule has 0 aliphatic carbocycles. The number of nitrogens with zero attached hydrogens (tertiary/aromatic N) is 1. The number of ether oxygens (including phenoxy) is 1. The Morgan fingerprint density at radius 1 is 1.16 bits per heavy atom. The van der Waals surface area contributed by atoms with Gasteiger partial charge in [-0.1, -0.05) is 24.3 Å². The number of morpholine rings is 1. The molecular weight excluding hydrogens is 314 g/mol. The molecule has 0 aromatic heterocycles. The van der Waals surface area contributed by atoms with Crippen LogP contribution in [0.2, 0.25) is 0 Å². The van der Waals surface area contributed by atoms with Gasteiger partial charge in [0.2, 0.25) is 5.91 Å². The van der Waals surface area contributed by atoms with E-state index in [2.05, 4.69) is 39.8 Å². The average molecular weight is 345 g/mol. The Morgan fingerprint density at radius 2 is 1.88 bits per heavy atom. The van der Waals surface area contributed by atoms with Gasteiger partial charge in [0.25, 0.3) is 0 Å². The second kappa shape index (κ2) is 9.90. The van der Waals surface area contributed by atoms with E-state index in [1.165, 1.54) is 24.0 Å². The van der Waals surface area contributed by atoms with Crippen LogP contribution in [0.25, 0.3) is 0 Å². The molecule has 0 bridgehead atoms. The standard InChI is InChI=1S/C20H31N3O2/c24-20(6-5-17-7-9-21-10-8-17)22-15-18-3-1-2-4-19(18)16-23-11-13-25-14-12-23/h1-4,17,21H,5-16H2,(H,22,24). The summed E-state index contributed by atoms with van der Waals surface area (Å²) in [6.45, 7) is 7.36. The van der Waals surface area contributed by atoms with Crippen molar-refractivity contribution in [1.29, 1.82) is 0 Å². The van der Waals surface area contributed by atoms with Crippen LogP contribution in [-0.4, -0.2) is 50.2 Å². The highest BCUT2D eigenvalue weighted by Crippen LogP contribution is 2.18. The van der Waals surface area contributed by atoms with Gasteiger partial charge in [-0.2, -0.15) is 0 Å². The molecule has 1 amide bonds. The fraction of sp³-hybridized carbons (Fsp3) is 0.650. The quantitative estimate of drug-likeness (QED) is 0.793. The van der Waals surface area contributed by atoms with Crippen molar-refractivity contribution in [2.45, 2.75) is 38.8 Å². The fourth-order valence-electron chi connectivity index (χ4n) is 3.67. The van der Waals surface area contributed by atoms with Crippen molar-refractivity contribution in [3.05, 3.63) is 35.4 Å². The topological polar surface area (TPSA) is 53.6 Å². The summed E-state index contributed by atoms with van der Waals surface area (Å²) in [5.74, 6) is 0.889. The van der Waals surface area contributed by atoms with E-state index in [0.29, 0.717) is 18.9 Å². The van der Waals surface area contributed by atoms with Gasteiger partial charge in [0, 0.05) is 32.6 Å². The van der Waals surface area contributed by atoms with Gasteiger partial charge in [0.1, 0.15) is 0 Å². The van der Waals surface area contributed by atoms with Crippen LogP contribution in [0.15, 0.2) is 24.3 Å². The summed E-state index contributed by atoms with van der Waals surface area (Å²) in [5.41, 5.74) is 2.53. The normalized spacial score (nSPS) is 19.7. The Balaban J connectivity index is 1.44. The van der Waals surface area contributed by atoms with Gasteiger partial charge < -0.3 is 15.4 Å². The van der Waals surface area contributed by atoms with E-state index in [1.807, 2.05) is 0 Å². The van der Waals surface area contributed by atoms with Crippen molar-refractivity contribution in [2.24, 2.45) is 5.92 Å². The Kier molecular flexibility index (Phi) is 7.27. The third-order valence-electron chi connectivity index (χ3n) is 5.33. The number of hydrogen-bond donors (Lipinski definition) is 2. The number of hydrogen-bond acceptors (Lipinski definition) is 4. The highest BCUT2D eigenvalue weighted by atomic mass is 16.5. The van der Waals surface area contributed by atoms with Crippen LogP contribution in [0.5, 0.6) is 0 Å². The maximum Gasteiger partial charge on any atom is 0.220 e. The summed E-state index contributed by atoms with van der Waals surface area (Å²) in [7, 11) is 0. The summed E-state index contributed by atoms with van der Waals surface area (Å²) in [6, 6.07) is 8.44. The SMILES string of the molecule is O=C(CCC1CCNCC1)NCc1ccccc1CN1CCOCC1. The lowest BCUT2D eigenvalue weighted by atomic mass is 9.93. The number of benzene rings is 1. The Hall–Kier alpha value is -1.43. The molecule has 0 radical (unpaired) electrons. The molecule has 0 spiro atoms. The monoisotopic (exact) mass is 345 g/mol. The molecule has 0 saturated carbocycles. The summed E-state index contributed by atoms with van der Waals surface area (Å²) < 4.78 is 5.42. The molecule has 0 unspecified atom stereocenters. The number of amides is 1.